The molecule has 0 spiro atoms. The number of methoxy groups -OCH3 is 1. The van der Waals surface area contributed by atoms with Crippen molar-refractivity contribution in [2.45, 2.75) is 11.8 Å². The Morgan fingerprint density at radius 2 is 1.87 bits per heavy atom. The van der Waals surface area contributed by atoms with Crippen LogP contribution in [-0.2, 0) is 9.84 Å². The first-order chi connectivity index (χ1) is 10.7. The summed E-state index contributed by atoms with van der Waals surface area (Å²) in [5.74, 6) is -0.0104. The number of hydrogen-bond donors (Lipinski definition) is 1. The fraction of sp³-hybridized carbons (Fsp3) is 0.188. The van der Waals surface area contributed by atoms with E-state index in [1.165, 1.54) is 25.3 Å². The molecule has 0 saturated heterocycles. The van der Waals surface area contributed by atoms with Gasteiger partial charge in [-0.05, 0) is 42.8 Å². The second kappa shape index (κ2) is 6.60. The lowest BCUT2D eigenvalue weighted by Gasteiger charge is -2.12. The molecule has 1 N–H and O–H groups in total. The maximum Gasteiger partial charge on any atom is 0.257 e. The Labute approximate surface area is 140 Å². The number of benzene rings is 2. The van der Waals surface area contributed by atoms with E-state index < -0.39 is 15.7 Å². The summed E-state index contributed by atoms with van der Waals surface area (Å²) >= 11 is 6.03. The SMILES string of the molecule is COc1ccc(C)cc1NC(=O)c1cc(S(C)(=O)=O)ccc1Cl. The highest BCUT2D eigenvalue weighted by Gasteiger charge is 2.17. The van der Waals surface area contributed by atoms with E-state index in [0.29, 0.717) is 11.4 Å². The molecule has 0 atom stereocenters. The van der Waals surface area contributed by atoms with Gasteiger partial charge in [0.15, 0.2) is 9.84 Å². The molecule has 122 valence electrons. The van der Waals surface area contributed by atoms with E-state index in [1.54, 1.807) is 12.1 Å². The van der Waals surface area contributed by atoms with Crippen molar-refractivity contribution < 1.29 is 17.9 Å². The minimum Gasteiger partial charge on any atom is -0.495 e. The predicted molar refractivity (Wildman–Crippen MR) is 90.2 cm³/mol. The fourth-order valence-corrected chi connectivity index (χ4v) is 2.87. The lowest BCUT2D eigenvalue weighted by atomic mass is 10.1. The number of anilines is 1. The second-order valence-corrected chi connectivity index (χ2v) is 7.49. The van der Waals surface area contributed by atoms with E-state index in [-0.39, 0.29) is 15.5 Å². The second-order valence-electron chi connectivity index (χ2n) is 5.07. The molecule has 23 heavy (non-hydrogen) atoms. The maximum atomic E-state index is 12.4. The fourth-order valence-electron chi connectivity index (χ4n) is 2.02. The lowest BCUT2D eigenvalue weighted by Crippen LogP contribution is -2.14. The van der Waals surface area contributed by atoms with Gasteiger partial charge in [-0.25, -0.2) is 8.42 Å². The van der Waals surface area contributed by atoms with E-state index in [4.69, 9.17) is 16.3 Å². The van der Waals surface area contributed by atoms with E-state index >= 15 is 0 Å². The van der Waals surface area contributed by atoms with Gasteiger partial charge in [0.1, 0.15) is 5.75 Å². The molecule has 0 aliphatic heterocycles. The van der Waals surface area contributed by atoms with Crippen LogP contribution in [0.3, 0.4) is 0 Å². The summed E-state index contributed by atoms with van der Waals surface area (Å²) in [6.07, 6.45) is 1.07. The molecule has 0 aromatic heterocycles. The zero-order chi connectivity index (χ0) is 17.2. The summed E-state index contributed by atoms with van der Waals surface area (Å²) in [4.78, 5) is 12.5. The molecule has 0 radical (unpaired) electrons. The summed E-state index contributed by atoms with van der Waals surface area (Å²) in [5, 5.41) is 2.86. The third-order valence-electron chi connectivity index (χ3n) is 3.21. The Morgan fingerprint density at radius 3 is 2.48 bits per heavy atom. The van der Waals surface area contributed by atoms with Gasteiger partial charge in [0.25, 0.3) is 5.91 Å². The highest BCUT2D eigenvalue weighted by molar-refractivity contribution is 7.90. The zero-order valence-corrected chi connectivity index (χ0v) is 14.5. The molecule has 0 fully saturated rings. The van der Waals surface area contributed by atoms with Gasteiger partial charge in [-0.3, -0.25) is 4.79 Å². The molecule has 0 unspecified atom stereocenters. The van der Waals surface area contributed by atoms with Crippen molar-refractivity contribution in [1.82, 2.24) is 0 Å². The number of ether oxygens (including phenoxy) is 1. The Morgan fingerprint density at radius 1 is 1.17 bits per heavy atom. The molecule has 0 aliphatic rings. The Kier molecular flexibility index (Phi) is 4.97. The summed E-state index contributed by atoms with van der Waals surface area (Å²) in [7, 11) is -1.93. The van der Waals surface area contributed by atoms with E-state index in [1.807, 2.05) is 13.0 Å². The van der Waals surface area contributed by atoms with Crippen LogP contribution in [0, 0.1) is 6.92 Å². The Hall–Kier alpha value is -2.05. The largest absolute Gasteiger partial charge is 0.495 e. The van der Waals surface area contributed by atoms with Crippen molar-refractivity contribution in [2.75, 3.05) is 18.7 Å². The minimum absolute atomic E-state index is 0.0308. The summed E-state index contributed by atoms with van der Waals surface area (Å²) in [5.41, 5.74) is 1.51. The Bertz CT molecular complexity index is 862. The molecule has 7 heteroatoms. The topological polar surface area (TPSA) is 72.5 Å². The third-order valence-corrected chi connectivity index (χ3v) is 4.65. The quantitative estimate of drug-likeness (QED) is 0.915. The van der Waals surface area contributed by atoms with Crippen molar-refractivity contribution in [3.05, 3.63) is 52.5 Å². The zero-order valence-electron chi connectivity index (χ0n) is 12.9. The highest BCUT2D eigenvalue weighted by atomic mass is 35.5. The molecular weight excluding hydrogens is 338 g/mol. The molecule has 1 amide bonds. The number of rotatable bonds is 4. The van der Waals surface area contributed by atoms with Gasteiger partial charge in [-0.15, -0.1) is 0 Å². The van der Waals surface area contributed by atoms with Crippen LogP contribution in [0.4, 0.5) is 5.69 Å². The van der Waals surface area contributed by atoms with Gasteiger partial charge in [0.05, 0.1) is 28.3 Å². The van der Waals surface area contributed by atoms with Gasteiger partial charge in [0.2, 0.25) is 0 Å². The van der Waals surface area contributed by atoms with Crippen molar-refractivity contribution in [2.24, 2.45) is 0 Å². The van der Waals surface area contributed by atoms with Crippen LogP contribution in [0.1, 0.15) is 15.9 Å². The minimum atomic E-state index is -3.43. The summed E-state index contributed by atoms with van der Waals surface area (Å²) in [6.45, 7) is 1.88. The maximum absolute atomic E-state index is 12.4. The molecule has 2 aromatic rings. The highest BCUT2D eigenvalue weighted by Crippen LogP contribution is 2.27. The van der Waals surface area contributed by atoms with Crippen molar-refractivity contribution in [3.63, 3.8) is 0 Å². The molecule has 0 aliphatic carbocycles. The van der Waals surface area contributed by atoms with Crippen LogP contribution in [0.2, 0.25) is 5.02 Å². The van der Waals surface area contributed by atoms with Crippen molar-refractivity contribution in [1.29, 1.82) is 0 Å². The van der Waals surface area contributed by atoms with Gasteiger partial charge >= 0.3 is 0 Å². The standard InChI is InChI=1S/C16H16ClNO4S/c1-10-4-7-15(22-2)14(8-10)18-16(19)12-9-11(23(3,20)21)5-6-13(12)17/h4-9H,1-3H3,(H,18,19). The summed E-state index contributed by atoms with van der Waals surface area (Å²) in [6, 6.07) is 9.35. The number of carbonyl (C=O) groups excluding carboxylic acids is 1. The molecule has 2 aromatic carbocycles. The smallest absolute Gasteiger partial charge is 0.257 e. The van der Waals surface area contributed by atoms with E-state index in [0.717, 1.165) is 11.8 Å². The van der Waals surface area contributed by atoms with Gasteiger partial charge < -0.3 is 10.1 Å². The van der Waals surface area contributed by atoms with Crippen LogP contribution in [0.5, 0.6) is 5.75 Å². The number of sulfone groups is 1. The van der Waals surface area contributed by atoms with Crippen LogP contribution < -0.4 is 10.1 Å². The van der Waals surface area contributed by atoms with Crippen LogP contribution in [0.25, 0.3) is 0 Å². The van der Waals surface area contributed by atoms with E-state index in [9.17, 15) is 13.2 Å². The normalized spacial score (nSPS) is 11.1. The first-order valence-electron chi connectivity index (χ1n) is 6.68. The molecule has 0 saturated carbocycles. The number of aryl methyl sites for hydroxylation is 1. The molecule has 0 heterocycles. The first-order valence-corrected chi connectivity index (χ1v) is 8.95. The average molecular weight is 354 g/mol. The van der Waals surface area contributed by atoms with Crippen LogP contribution >= 0.6 is 11.6 Å². The lowest BCUT2D eigenvalue weighted by molar-refractivity contribution is 0.102. The number of halogens is 1. The number of nitrogens with one attached hydrogen (secondary N) is 1. The molecule has 5 nitrogen and oxygen atoms in total. The van der Waals surface area contributed by atoms with Crippen LogP contribution in [-0.4, -0.2) is 27.7 Å². The third kappa shape index (κ3) is 4.03. The monoisotopic (exact) mass is 353 g/mol. The average Bonchev–Trinajstić information content (AvgIpc) is 2.46. The number of carbonyl (C=O) groups is 1. The van der Waals surface area contributed by atoms with Gasteiger partial charge in [-0.1, -0.05) is 17.7 Å². The van der Waals surface area contributed by atoms with Gasteiger partial charge in [-0.2, -0.15) is 0 Å². The Balaban J connectivity index is 2.40. The van der Waals surface area contributed by atoms with Crippen LogP contribution in [0.15, 0.2) is 41.3 Å². The molecular formula is C16H16ClNO4S. The number of amides is 1. The first kappa shape index (κ1) is 17.3. The predicted octanol–water partition coefficient (Wildman–Crippen LogP) is 3.31. The van der Waals surface area contributed by atoms with Gasteiger partial charge in [0, 0.05) is 6.26 Å². The number of hydrogen-bond acceptors (Lipinski definition) is 4. The summed E-state index contributed by atoms with van der Waals surface area (Å²) < 4.78 is 28.5. The van der Waals surface area contributed by atoms with Crippen molar-refractivity contribution in [3.8, 4) is 5.75 Å². The molecule has 2 rings (SSSR count). The van der Waals surface area contributed by atoms with Crippen molar-refractivity contribution >= 4 is 33.0 Å². The van der Waals surface area contributed by atoms with E-state index in [2.05, 4.69) is 5.32 Å². The molecule has 0 bridgehead atoms.